The van der Waals surface area contributed by atoms with Crippen LogP contribution in [0.15, 0.2) is 41.3 Å². The van der Waals surface area contributed by atoms with E-state index < -0.39 is 10.0 Å². The minimum atomic E-state index is -3.68. The Kier molecular flexibility index (Phi) is 6.32. The van der Waals surface area contributed by atoms with Gasteiger partial charge < -0.3 is 5.32 Å². The van der Waals surface area contributed by atoms with Gasteiger partial charge in [0.25, 0.3) is 0 Å². The lowest BCUT2D eigenvalue weighted by Crippen LogP contribution is -2.33. The Balaban J connectivity index is 1.15. The van der Waals surface area contributed by atoms with Crippen molar-refractivity contribution in [2.24, 2.45) is 11.8 Å². The lowest BCUT2D eigenvalue weighted by atomic mass is 9.81. The minimum Gasteiger partial charge on any atom is -0.302 e. The quantitative estimate of drug-likeness (QED) is 0.381. The number of halogens is 1. The van der Waals surface area contributed by atoms with Crippen LogP contribution in [-0.4, -0.2) is 34.6 Å². The fraction of sp³-hybridized carbons (Fsp3) is 0.333. The molecule has 33 heavy (non-hydrogen) atoms. The molecule has 0 spiro atoms. The van der Waals surface area contributed by atoms with E-state index in [9.17, 15) is 13.2 Å². The van der Waals surface area contributed by atoms with Crippen LogP contribution >= 0.6 is 34.7 Å². The van der Waals surface area contributed by atoms with Gasteiger partial charge in [0.05, 0.1) is 21.9 Å². The largest absolute Gasteiger partial charge is 0.302 e. The molecule has 4 aromatic rings. The number of amides is 1. The molecule has 8 nitrogen and oxygen atoms in total. The summed E-state index contributed by atoms with van der Waals surface area (Å²) in [6.07, 6.45) is 2.97. The van der Waals surface area contributed by atoms with Gasteiger partial charge in [0, 0.05) is 17.5 Å². The predicted molar refractivity (Wildman–Crippen MR) is 131 cm³/mol. The lowest BCUT2D eigenvalue weighted by molar-refractivity contribution is -0.121. The van der Waals surface area contributed by atoms with Crippen molar-refractivity contribution in [3.05, 3.63) is 41.4 Å². The molecule has 1 amide bonds. The van der Waals surface area contributed by atoms with E-state index >= 15 is 0 Å². The molecule has 2 N–H and O–H groups in total. The van der Waals surface area contributed by atoms with Gasteiger partial charge in [0.15, 0.2) is 5.13 Å². The van der Waals surface area contributed by atoms with Crippen LogP contribution in [0.25, 0.3) is 21.3 Å². The normalized spacial score (nSPS) is 19.2. The Morgan fingerprint density at radius 1 is 1.09 bits per heavy atom. The number of nitrogens with one attached hydrogen (secondary N) is 2. The average molecular weight is 522 g/mol. The van der Waals surface area contributed by atoms with E-state index in [0.29, 0.717) is 40.6 Å². The first-order valence-corrected chi connectivity index (χ1v) is 13.9. The second-order valence-electron chi connectivity index (χ2n) is 8.08. The van der Waals surface area contributed by atoms with Crippen LogP contribution in [0.5, 0.6) is 0 Å². The molecule has 1 fully saturated rings. The molecule has 0 saturated heterocycles. The van der Waals surface area contributed by atoms with Gasteiger partial charge in [-0.25, -0.2) is 18.1 Å². The number of aromatic nitrogens is 3. The third kappa shape index (κ3) is 4.87. The van der Waals surface area contributed by atoms with Gasteiger partial charge in [-0.2, -0.15) is 8.75 Å². The maximum absolute atomic E-state index is 12.8. The first-order valence-electron chi connectivity index (χ1n) is 10.5. The number of fused-ring (bicyclic) bond motifs is 2. The van der Waals surface area contributed by atoms with Gasteiger partial charge in [0.1, 0.15) is 15.9 Å². The van der Waals surface area contributed by atoms with Crippen molar-refractivity contribution in [2.45, 2.75) is 30.6 Å². The van der Waals surface area contributed by atoms with Gasteiger partial charge in [-0.05, 0) is 61.9 Å². The third-order valence-corrected chi connectivity index (χ3v) is 9.07. The SMILES string of the molecule is O=C(Nc1nc2ccc(Cl)cc2s1)C1CCC(CNS(=O)(=O)c2cccc3nsnc23)CC1. The Morgan fingerprint density at radius 3 is 2.73 bits per heavy atom. The summed E-state index contributed by atoms with van der Waals surface area (Å²) in [4.78, 5) is 17.3. The molecule has 5 rings (SSSR count). The lowest BCUT2D eigenvalue weighted by Gasteiger charge is -2.27. The fourth-order valence-electron chi connectivity index (χ4n) is 4.09. The zero-order valence-electron chi connectivity index (χ0n) is 17.3. The number of rotatable bonds is 6. The molecule has 1 saturated carbocycles. The molecule has 0 aliphatic heterocycles. The molecule has 1 aliphatic rings. The average Bonchev–Trinajstić information content (AvgIpc) is 3.44. The van der Waals surface area contributed by atoms with E-state index in [1.165, 1.54) is 11.3 Å². The Hall–Kier alpha value is -2.18. The molecule has 0 atom stereocenters. The van der Waals surface area contributed by atoms with Crippen LogP contribution in [0.2, 0.25) is 5.02 Å². The molecular weight excluding hydrogens is 502 g/mol. The maximum Gasteiger partial charge on any atom is 0.242 e. The second-order valence-corrected chi connectivity index (χ2v) is 11.8. The number of hydrogen-bond acceptors (Lipinski definition) is 8. The van der Waals surface area contributed by atoms with Gasteiger partial charge >= 0.3 is 0 Å². The van der Waals surface area contributed by atoms with Gasteiger partial charge in [-0.1, -0.05) is 29.0 Å². The monoisotopic (exact) mass is 521 g/mol. The summed E-state index contributed by atoms with van der Waals surface area (Å²) in [5.74, 6) is 0.0337. The standard InChI is InChI=1S/C21H20ClN5O3S3/c22-14-8-9-15-17(10-14)31-21(24-15)25-20(28)13-6-4-12(5-7-13)11-23-33(29,30)18-3-1-2-16-19(18)27-32-26-16/h1-3,8-10,12-13,23H,4-7,11H2,(H,24,25,28). The Morgan fingerprint density at radius 2 is 1.91 bits per heavy atom. The highest BCUT2D eigenvalue weighted by Crippen LogP contribution is 2.32. The summed E-state index contributed by atoms with van der Waals surface area (Å²) in [6.45, 7) is 0.337. The van der Waals surface area contributed by atoms with Crippen LogP contribution in [0, 0.1) is 11.8 Å². The van der Waals surface area contributed by atoms with Crippen molar-refractivity contribution >= 4 is 77.0 Å². The first-order chi connectivity index (χ1) is 15.9. The number of sulfonamides is 1. The van der Waals surface area contributed by atoms with Crippen LogP contribution in [0.3, 0.4) is 0 Å². The number of carbonyl (C=O) groups excluding carboxylic acids is 1. The summed E-state index contributed by atoms with van der Waals surface area (Å²) in [5, 5.41) is 4.13. The van der Waals surface area contributed by atoms with Crippen molar-refractivity contribution in [1.82, 2.24) is 18.5 Å². The van der Waals surface area contributed by atoms with Crippen LogP contribution < -0.4 is 10.0 Å². The van der Waals surface area contributed by atoms with E-state index in [0.717, 1.165) is 34.8 Å². The fourth-order valence-corrected chi connectivity index (χ4v) is 7.12. The Bertz CT molecular complexity index is 1430. The molecule has 2 aromatic carbocycles. The van der Waals surface area contributed by atoms with Crippen molar-refractivity contribution in [3.63, 3.8) is 0 Å². The van der Waals surface area contributed by atoms with Crippen molar-refractivity contribution < 1.29 is 13.2 Å². The highest BCUT2D eigenvalue weighted by atomic mass is 35.5. The number of anilines is 1. The number of hydrogen-bond donors (Lipinski definition) is 2. The highest BCUT2D eigenvalue weighted by Gasteiger charge is 2.28. The smallest absolute Gasteiger partial charge is 0.242 e. The van der Waals surface area contributed by atoms with E-state index in [-0.39, 0.29) is 22.6 Å². The van der Waals surface area contributed by atoms with Crippen molar-refractivity contribution in [1.29, 1.82) is 0 Å². The summed E-state index contributed by atoms with van der Waals surface area (Å²) in [7, 11) is -3.68. The van der Waals surface area contributed by atoms with Crippen molar-refractivity contribution in [3.8, 4) is 0 Å². The molecule has 2 aromatic heterocycles. The van der Waals surface area contributed by atoms with Gasteiger partial charge in [-0.3, -0.25) is 4.79 Å². The van der Waals surface area contributed by atoms with Gasteiger partial charge in [0.2, 0.25) is 15.9 Å². The molecule has 0 unspecified atom stereocenters. The summed E-state index contributed by atoms with van der Waals surface area (Å²) >= 11 is 8.42. The zero-order chi connectivity index (χ0) is 23.0. The molecule has 0 radical (unpaired) electrons. The van der Waals surface area contributed by atoms with E-state index in [2.05, 4.69) is 23.8 Å². The van der Waals surface area contributed by atoms with E-state index in [1.54, 1.807) is 24.3 Å². The second kappa shape index (κ2) is 9.22. The highest BCUT2D eigenvalue weighted by molar-refractivity contribution is 7.89. The zero-order valence-corrected chi connectivity index (χ0v) is 20.5. The van der Waals surface area contributed by atoms with Crippen molar-refractivity contribution in [2.75, 3.05) is 11.9 Å². The summed E-state index contributed by atoms with van der Waals surface area (Å²) in [6, 6.07) is 10.4. The van der Waals surface area contributed by atoms with Crippen LogP contribution in [-0.2, 0) is 14.8 Å². The molecular formula is C21H20ClN5O3S3. The number of carbonyl (C=O) groups is 1. The number of benzene rings is 2. The van der Waals surface area contributed by atoms with E-state index in [4.69, 9.17) is 11.6 Å². The topological polar surface area (TPSA) is 114 Å². The molecule has 2 heterocycles. The number of nitrogens with zero attached hydrogens (tertiary/aromatic N) is 3. The van der Waals surface area contributed by atoms with Crippen LogP contribution in [0.4, 0.5) is 5.13 Å². The number of thiazole rings is 1. The predicted octanol–water partition coefficient (Wildman–Crippen LogP) is 4.68. The molecule has 12 heteroatoms. The maximum atomic E-state index is 12.8. The summed E-state index contributed by atoms with van der Waals surface area (Å²) in [5.41, 5.74) is 1.78. The molecule has 172 valence electrons. The Labute approximate surface area is 203 Å². The third-order valence-electron chi connectivity index (χ3n) is 5.90. The molecule has 0 bridgehead atoms. The van der Waals surface area contributed by atoms with E-state index in [1.807, 2.05) is 12.1 Å². The molecule has 1 aliphatic carbocycles. The summed E-state index contributed by atoms with van der Waals surface area (Å²) < 4.78 is 37.5. The minimum absolute atomic E-state index is 0.0399. The van der Waals surface area contributed by atoms with Gasteiger partial charge in [-0.15, -0.1) is 0 Å². The van der Waals surface area contributed by atoms with Crippen LogP contribution in [0.1, 0.15) is 25.7 Å². The first kappa shape index (κ1) is 22.6.